The van der Waals surface area contributed by atoms with E-state index in [9.17, 15) is 4.79 Å². The zero-order valence-corrected chi connectivity index (χ0v) is 15.8. The van der Waals surface area contributed by atoms with Gasteiger partial charge in [-0.2, -0.15) is 0 Å². The van der Waals surface area contributed by atoms with Crippen LogP contribution in [-0.4, -0.2) is 21.7 Å². The van der Waals surface area contributed by atoms with Crippen LogP contribution in [0.3, 0.4) is 0 Å². The molecule has 0 aliphatic carbocycles. The van der Waals surface area contributed by atoms with Crippen molar-refractivity contribution < 1.29 is 4.74 Å². The molecule has 4 heterocycles. The first-order valence-corrected chi connectivity index (χ1v) is 9.81. The Bertz CT molecular complexity index is 1050. The van der Waals surface area contributed by atoms with Gasteiger partial charge in [-0.1, -0.05) is 30.3 Å². The van der Waals surface area contributed by atoms with E-state index in [4.69, 9.17) is 9.72 Å². The van der Waals surface area contributed by atoms with Gasteiger partial charge in [0.2, 0.25) is 5.95 Å². The lowest BCUT2D eigenvalue weighted by molar-refractivity contribution is -0.0379. The Kier molecular flexibility index (Phi) is 3.49. The highest BCUT2D eigenvalue weighted by molar-refractivity contribution is 7.18. The van der Waals surface area contributed by atoms with Gasteiger partial charge in [-0.3, -0.25) is 9.36 Å². The quantitative estimate of drug-likeness (QED) is 0.697. The van der Waals surface area contributed by atoms with Crippen LogP contribution in [0, 0.1) is 0 Å². The Morgan fingerprint density at radius 2 is 2.04 bits per heavy atom. The fourth-order valence-corrected chi connectivity index (χ4v) is 5.02. The molecule has 1 aromatic carbocycles. The molecule has 134 valence electrons. The lowest BCUT2D eigenvalue weighted by Gasteiger charge is -2.29. The summed E-state index contributed by atoms with van der Waals surface area (Å²) in [4.78, 5) is 22.3. The maximum absolute atomic E-state index is 13.2. The maximum Gasteiger partial charge on any atom is 0.264 e. The summed E-state index contributed by atoms with van der Waals surface area (Å²) in [7, 11) is 0. The number of rotatable bonds is 2. The molecule has 26 heavy (non-hydrogen) atoms. The molecule has 5 rings (SSSR count). The van der Waals surface area contributed by atoms with E-state index < -0.39 is 0 Å². The number of fused-ring (bicyclic) bond motifs is 4. The van der Waals surface area contributed by atoms with E-state index in [1.54, 1.807) is 11.3 Å². The second-order valence-electron chi connectivity index (χ2n) is 7.68. The third-order valence-electron chi connectivity index (χ3n) is 5.26. The second kappa shape index (κ2) is 5.66. The summed E-state index contributed by atoms with van der Waals surface area (Å²) in [6.07, 6.45) is 0.770. The van der Waals surface area contributed by atoms with Crippen LogP contribution in [0.1, 0.15) is 29.9 Å². The number of hydrogen-bond acceptors (Lipinski definition) is 5. The number of hydrogen-bond donors (Lipinski definition) is 0. The molecule has 0 N–H and O–H groups in total. The number of nitrogens with zero attached hydrogens (tertiary/aromatic N) is 3. The van der Waals surface area contributed by atoms with Gasteiger partial charge in [0.05, 0.1) is 17.6 Å². The number of thiophene rings is 1. The van der Waals surface area contributed by atoms with Crippen LogP contribution in [0.2, 0.25) is 0 Å². The largest absolute Gasteiger partial charge is 0.370 e. The molecule has 0 unspecified atom stereocenters. The Balaban J connectivity index is 1.60. The van der Waals surface area contributed by atoms with Gasteiger partial charge in [-0.05, 0) is 25.0 Å². The topological polar surface area (TPSA) is 47.4 Å². The molecular formula is C20H21N3O2S. The van der Waals surface area contributed by atoms with E-state index in [1.165, 1.54) is 5.56 Å². The minimum Gasteiger partial charge on any atom is -0.370 e. The fraction of sp³-hybridized carbons (Fsp3) is 0.400. The Labute approximate surface area is 155 Å². The molecule has 0 saturated carbocycles. The van der Waals surface area contributed by atoms with Crippen molar-refractivity contribution in [1.29, 1.82) is 0 Å². The van der Waals surface area contributed by atoms with Crippen molar-refractivity contribution in [2.24, 2.45) is 0 Å². The van der Waals surface area contributed by atoms with Crippen LogP contribution in [0.5, 0.6) is 0 Å². The zero-order valence-electron chi connectivity index (χ0n) is 15.0. The maximum atomic E-state index is 13.2. The van der Waals surface area contributed by atoms with Crippen LogP contribution < -0.4 is 10.5 Å². The summed E-state index contributed by atoms with van der Waals surface area (Å²) in [5, 5.41) is 0.812. The number of benzene rings is 1. The second-order valence-corrected chi connectivity index (χ2v) is 8.77. The predicted molar refractivity (Wildman–Crippen MR) is 104 cm³/mol. The van der Waals surface area contributed by atoms with Gasteiger partial charge in [-0.15, -0.1) is 11.3 Å². The van der Waals surface area contributed by atoms with Crippen molar-refractivity contribution in [3.05, 3.63) is 56.7 Å². The summed E-state index contributed by atoms with van der Waals surface area (Å²) < 4.78 is 7.77. The molecule has 0 atom stereocenters. The highest BCUT2D eigenvalue weighted by Crippen LogP contribution is 2.38. The van der Waals surface area contributed by atoms with Crippen LogP contribution in [-0.2, 0) is 30.9 Å². The Morgan fingerprint density at radius 1 is 1.23 bits per heavy atom. The number of ether oxygens (including phenoxy) is 1. The Morgan fingerprint density at radius 3 is 2.85 bits per heavy atom. The molecule has 0 bridgehead atoms. The van der Waals surface area contributed by atoms with E-state index in [0.717, 1.165) is 46.1 Å². The van der Waals surface area contributed by atoms with Crippen LogP contribution in [0.15, 0.2) is 35.1 Å². The van der Waals surface area contributed by atoms with Gasteiger partial charge in [0.1, 0.15) is 4.83 Å². The summed E-state index contributed by atoms with van der Waals surface area (Å²) in [6.45, 7) is 7.05. The summed E-state index contributed by atoms with van der Waals surface area (Å²) in [5.74, 6) is 0.796. The first-order valence-electron chi connectivity index (χ1n) is 9.00. The highest BCUT2D eigenvalue weighted by atomic mass is 32.1. The lowest BCUT2D eigenvalue weighted by Crippen LogP contribution is -2.32. The Hall–Kier alpha value is -2.18. The van der Waals surface area contributed by atoms with Gasteiger partial charge in [0, 0.05) is 30.9 Å². The van der Waals surface area contributed by atoms with Gasteiger partial charge < -0.3 is 9.64 Å². The van der Waals surface area contributed by atoms with Crippen LogP contribution in [0.4, 0.5) is 5.95 Å². The van der Waals surface area contributed by atoms with Crippen molar-refractivity contribution >= 4 is 27.5 Å². The van der Waals surface area contributed by atoms with Crippen molar-refractivity contribution in [3.8, 4) is 0 Å². The van der Waals surface area contributed by atoms with Crippen LogP contribution >= 0.6 is 11.3 Å². The normalized spacial score (nSPS) is 18.2. The van der Waals surface area contributed by atoms with E-state index in [2.05, 4.69) is 30.9 Å². The molecule has 0 fully saturated rings. The molecule has 0 saturated heterocycles. The molecule has 5 nitrogen and oxygen atoms in total. The summed E-state index contributed by atoms with van der Waals surface area (Å²) in [6, 6.07) is 10.3. The van der Waals surface area contributed by atoms with E-state index in [-0.39, 0.29) is 11.2 Å². The molecule has 2 aromatic heterocycles. The summed E-state index contributed by atoms with van der Waals surface area (Å²) >= 11 is 1.61. The van der Waals surface area contributed by atoms with Gasteiger partial charge in [0.25, 0.3) is 5.56 Å². The average molecular weight is 367 g/mol. The standard InChI is InChI=1S/C20H21N3O2S/c1-20(2)10-14-15(12-25-20)26-17-16(14)18(24)23-9-8-22(19(23)21-17)11-13-6-4-3-5-7-13/h3-7H,8-12H2,1-2H3. The van der Waals surface area contributed by atoms with Crippen molar-refractivity contribution in [3.63, 3.8) is 0 Å². The molecule has 3 aromatic rings. The smallest absolute Gasteiger partial charge is 0.264 e. The average Bonchev–Trinajstić information content (AvgIpc) is 3.17. The van der Waals surface area contributed by atoms with E-state index in [1.807, 2.05) is 22.8 Å². The third-order valence-corrected chi connectivity index (χ3v) is 6.36. The molecular weight excluding hydrogens is 346 g/mol. The first-order chi connectivity index (χ1) is 12.5. The predicted octanol–water partition coefficient (Wildman–Crippen LogP) is 3.33. The molecule has 0 radical (unpaired) electrons. The van der Waals surface area contributed by atoms with Crippen molar-refractivity contribution in [2.75, 3.05) is 11.4 Å². The van der Waals surface area contributed by atoms with Gasteiger partial charge in [0.15, 0.2) is 0 Å². The third kappa shape index (κ3) is 2.47. The van der Waals surface area contributed by atoms with Gasteiger partial charge >= 0.3 is 0 Å². The zero-order chi connectivity index (χ0) is 17.9. The van der Waals surface area contributed by atoms with E-state index >= 15 is 0 Å². The first kappa shape index (κ1) is 16.0. The van der Waals surface area contributed by atoms with Crippen LogP contribution in [0.25, 0.3) is 10.2 Å². The lowest BCUT2D eigenvalue weighted by atomic mass is 9.94. The van der Waals surface area contributed by atoms with E-state index in [0.29, 0.717) is 13.2 Å². The molecule has 6 heteroatoms. The van der Waals surface area contributed by atoms with Crippen molar-refractivity contribution in [2.45, 2.75) is 45.6 Å². The number of aromatic nitrogens is 2. The SMILES string of the molecule is CC1(C)Cc2c(sc3nc4n(c(=O)c23)CCN4Cc2ccccc2)CO1. The molecule has 2 aliphatic heterocycles. The van der Waals surface area contributed by atoms with Gasteiger partial charge in [-0.25, -0.2) is 4.98 Å². The molecule has 0 spiro atoms. The number of anilines is 1. The monoisotopic (exact) mass is 367 g/mol. The fourth-order valence-electron chi connectivity index (χ4n) is 3.93. The summed E-state index contributed by atoms with van der Waals surface area (Å²) in [5.41, 5.74) is 2.26. The molecule has 2 aliphatic rings. The minimum atomic E-state index is -0.226. The van der Waals surface area contributed by atoms with Crippen molar-refractivity contribution in [1.82, 2.24) is 9.55 Å². The highest BCUT2D eigenvalue weighted by Gasteiger charge is 2.32. The molecule has 0 amide bonds. The minimum absolute atomic E-state index is 0.107.